The van der Waals surface area contributed by atoms with Crippen LogP contribution < -0.4 is 5.32 Å². The zero-order chi connectivity index (χ0) is 11.4. The fourth-order valence-corrected chi connectivity index (χ4v) is 1.53. The van der Waals surface area contributed by atoms with Gasteiger partial charge >= 0.3 is 5.97 Å². The molecule has 1 aromatic rings. The summed E-state index contributed by atoms with van der Waals surface area (Å²) in [5.74, 6) is -0.230. The van der Waals surface area contributed by atoms with Gasteiger partial charge in [-0.1, -0.05) is 29.8 Å². The number of carbonyl (C=O) groups excluding carboxylic acids is 1. The second-order valence-corrected chi connectivity index (χ2v) is 4.31. The highest BCUT2D eigenvalue weighted by Crippen LogP contribution is 2.18. The van der Waals surface area contributed by atoms with Gasteiger partial charge < -0.3 is 10.1 Å². The van der Waals surface area contributed by atoms with E-state index in [1.807, 2.05) is 18.2 Å². The molecule has 1 fully saturated rings. The van der Waals surface area contributed by atoms with E-state index in [-0.39, 0.29) is 19.1 Å². The molecule has 3 nitrogen and oxygen atoms in total. The van der Waals surface area contributed by atoms with Crippen molar-refractivity contribution in [3.05, 3.63) is 34.9 Å². The van der Waals surface area contributed by atoms with Crippen molar-refractivity contribution in [3.8, 4) is 0 Å². The molecular weight excluding hydrogens is 226 g/mol. The van der Waals surface area contributed by atoms with E-state index in [0.29, 0.717) is 11.1 Å². The van der Waals surface area contributed by atoms with E-state index in [1.165, 1.54) is 0 Å². The first-order chi connectivity index (χ1) is 7.75. The second kappa shape index (κ2) is 5.32. The quantitative estimate of drug-likeness (QED) is 0.800. The summed E-state index contributed by atoms with van der Waals surface area (Å²) >= 11 is 5.94. The van der Waals surface area contributed by atoms with Crippen LogP contribution in [0, 0.1) is 0 Å². The van der Waals surface area contributed by atoms with Crippen LogP contribution in [0.3, 0.4) is 0 Å². The molecule has 1 aromatic carbocycles. The molecule has 0 aliphatic heterocycles. The predicted octanol–water partition coefficient (Wildman–Crippen LogP) is 2.14. The van der Waals surface area contributed by atoms with Gasteiger partial charge in [-0.2, -0.15) is 0 Å². The summed E-state index contributed by atoms with van der Waals surface area (Å²) in [7, 11) is 0. The molecule has 0 atom stereocenters. The lowest BCUT2D eigenvalue weighted by molar-refractivity contribution is -0.143. The minimum atomic E-state index is -0.230. The van der Waals surface area contributed by atoms with E-state index in [4.69, 9.17) is 16.3 Å². The van der Waals surface area contributed by atoms with Gasteiger partial charge in [0.2, 0.25) is 0 Å². The lowest BCUT2D eigenvalue weighted by Crippen LogP contribution is -2.26. The summed E-state index contributed by atoms with van der Waals surface area (Å²) in [6, 6.07) is 7.88. The van der Waals surface area contributed by atoms with Crippen molar-refractivity contribution in [1.82, 2.24) is 5.32 Å². The van der Waals surface area contributed by atoms with Crippen LogP contribution in [0.15, 0.2) is 24.3 Å². The molecule has 0 heterocycles. The number of nitrogens with one attached hydrogen (secondary N) is 1. The zero-order valence-corrected chi connectivity index (χ0v) is 9.67. The number of halogens is 1. The van der Waals surface area contributed by atoms with Crippen molar-refractivity contribution in [1.29, 1.82) is 0 Å². The Kier molecular flexibility index (Phi) is 3.80. The summed E-state index contributed by atoms with van der Waals surface area (Å²) in [5, 5.41) is 3.73. The van der Waals surface area contributed by atoms with Crippen LogP contribution >= 0.6 is 11.6 Å². The fraction of sp³-hybridized carbons (Fsp3) is 0.417. The number of hydrogen-bond acceptors (Lipinski definition) is 3. The highest BCUT2D eigenvalue weighted by Gasteiger charge is 2.21. The molecule has 0 aromatic heterocycles. The molecule has 0 bridgehead atoms. The van der Waals surface area contributed by atoms with Crippen molar-refractivity contribution in [2.45, 2.75) is 25.5 Å². The third-order valence-electron chi connectivity index (χ3n) is 2.46. The van der Waals surface area contributed by atoms with Gasteiger partial charge in [-0.25, -0.2) is 0 Å². The Morgan fingerprint density at radius 3 is 2.88 bits per heavy atom. The fourth-order valence-electron chi connectivity index (χ4n) is 1.34. The highest BCUT2D eigenvalue weighted by molar-refractivity contribution is 6.31. The smallest absolute Gasteiger partial charge is 0.320 e. The summed E-state index contributed by atoms with van der Waals surface area (Å²) in [5.41, 5.74) is 0.837. The van der Waals surface area contributed by atoms with Crippen molar-refractivity contribution in [3.63, 3.8) is 0 Å². The number of ether oxygens (including phenoxy) is 1. The number of carbonyl (C=O) groups is 1. The first kappa shape index (κ1) is 11.4. The minimum Gasteiger partial charge on any atom is -0.460 e. The molecule has 86 valence electrons. The topological polar surface area (TPSA) is 38.3 Å². The van der Waals surface area contributed by atoms with Crippen LogP contribution in [0.2, 0.25) is 5.02 Å². The standard InChI is InChI=1S/C12H14ClNO2/c13-11-4-2-1-3-9(11)8-16-12(15)7-14-10-5-6-10/h1-4,10,14H,5-8H2. The summed E-state index contributed by atoms with van der Waals surface area (Å²) < 4.78 is 5.10. The van der Waals surface area contributed by atoms with Gasteiger partial charge in [-0.05, 0) is 18.9 Å². The first-order valence-corrected chi connectivity index (χ1v) is 5.76. The molecule has 0 amide bonds. The van der Waals surface area contributed by atoms with E-state index >= 15 is 0 Å². The van der Waals surface area contributed by atoms with E-state index in [0.717, 1.165) is 18.4 Å². The number of benzene rings is 1. The molecular formula is C12H14ClNO2. The Hall–Kier alpha value is -1.06. The van der Waals surface area contributed by atoms with Gasteiger partial charge in [0, 0.05) is 16.6 Å². The van der Waals surface area contributed by atoms with Gasteiger partial charge in [0.1, 0.15) is 6.61 Å². The normalized spacial score (nSPS) is 14.8. The van der Waals surface area contributed by atoms with E-state index in [2.05, 4.69) is 5.32 Å². The molecule has 1 aliphatic carbocycles. The lowest BCUT2D eigenvalue weighted by atomic mass is 10.2. The summed E-state index contributed by atoms with van der Waals surface area (Å²) in [6.45, 7) is 0.528. The molecule has 1 N–H and O–H groups in total. The molecule has 0 unspecified atom stereocenters. The van der Waals surface area contributed by atoms with Crippen molar-refractivity contribution >= 4 is 17.6 Å². The van der Waals surface area contributed by atoms with Crippen LogP contribution in [0.25, 0.3) is 0 Å². The Balaban J connectivity index is 1.73. The SMILES string of the molecule is O=C(CNC1CC1)OCc1ccccc1Cl. The maximum atomic E-state index is 11.3. The predicted molar refractivity (Wildman–Crippen MR) is 62.3 cm³/mol. The third kappa shape index (κ3) is 3.51. The van der Waals surface area contributed by atoms with Crippen LogP contribution in [0.4, 0.5) is 0 Å². The number of rotatable bonds is 5. The monoisotopic (exact) mass is 239 g/mol. The highest BCUT2D eigenvalue weighted by atomic mass is 35.5. The second-order valence-electron chi connectivity index (χ2n) is 3.91. The minimum absolute atomic E-state index is 0.230. The lowest BCUT2D eigenvalue weighted by Gasteiger charge is -2.06. The van der Waals surface area contributed by atoms with Crippen molar-refractivity contribution < 1.29 is 9.53 Å². The van der Waals surface area contributed by atoms with Crippen LogP contribution in [0.5, 0.6) is 0 Å². The van der Waals surface area contributed by atoms with Crippen LogP contribution in [0.1, 0.15) is 18.4 Å². The molecule has 0 spiro atoms. The van der Waals surface area contributed by atoms with Gasteiger partial charge in [-0.3, -0.25) is 4.79 Å². The average molecular weight is 240 g/mol. The number of esters is 1. The van der Waals surface area contributed by atoms with E-state index < -0.39 is 0 Å². The molecule has 16 heavy (non-hydrogen) atoms. The summed E-state index contributed by atoms with van der Waals surface area (Å²) in [4.78, 5) is 11.3. The molecule has 0 radical (unpaired) electrons. The van der Waals surface area contributed by atoms with Gasteiger partial charge in [0.25, 0.3) is 0 Å². The largest absolute Gasteiger partial charge is 0.460 e. The first-order valence-electron chi connectivity index (χ1n) is 5.38. The van der Waals surface area contributed by atoms with Crippen molar-refractivity contribution in [2.24, 2.45) is 0 Å². The molecule has 1 aliphatic rings. The van der Waals surface area contributed by atoms with E-state index in [9.17, 15) is 4.79 Å². The number of hydrogen-bond donors (Lipinski definition) is 1. The van der Waals surface area contributed by atoms with Crippen LogP contribution in [-0.2, 0) is 16.1 Å². The molecule has 1 saturated carbocycles. The maximum Gasteiger partial charge on any atom is 0.320 e. The zero-order valence-electron chi connectivity index (χ0n) is 8.91. The Morgan fingerprint density at radius 2 is 2.19 bits per heavy atom. The Bertz CT molecular complexity index is 377. The van der Waals surface area contributed by atoms with Crippen molar-refractivity contribution in [2.75, 3.05) is 6.54 Å². The Labute approximate surface area is 99.7 Å². The Morgan fingerprint density at radius 1 is 1.44 bits per heavy atom. The maximum absolute atomic E-state index is 11.3. The third-order valence-corrected chi connectivity index (χ3v) is 2.83. The van der Waals surface area contributed by atoms with Gasteiger partial charge in [-0.15, -0.1) is 0 Å². The average Bonchev–Trinajstić information content (AvgIpc) is 3.09. The summed E-state index contributed by atoms with van der Waals surface area (Å²) in [6.07, 6.45) is 2.33. The van der Waals surface area contributed by atoms with Gasteiger partial charge in [0.05, 0.1) is 6.54 Å². The molecule has 2 rings (SSSR count). The van der Waals surface area contributed by atoms with Crippen LogP contribution in [-0.4, -0.2) is 18.6 Å². The van der Waals surface area contributed by atoms with Gasteiger partial charge in [0.15, 0.2) is 0 Å². The molecule has 0 saturated heterocycles. The molecule has 4 heteroatoms. The van der Waals surface area contributed by atoms with E-state index in [1.54, 1.807) is 6.07 Å².